The highest BCUT2D eigenvalue weighted by molar-refractivity contribution is 7.88. The first-order valence-corrected chi connectivity index (χ1v) is 12.6. The molecule has 0 aliphatic carbocycles. The molecule has 2 atom stereocenters. The Labute approximate surface area is 196 Å². The van der Waals surface area contributed by atoms with E-state index >= 15 is 0 Å². The van der Waals surface area contributed by atoms with Crippen LogP contribution in [0.4, 0.5) is 22.4 Å². The fourth-order valence-corrected chi connectivity index (χ4v) is 4.58. The molecule has 0 aromatic heterocycles. The molecular formula is C23H26F4N2O4S. The number of nitrogens with zero attached hydrogens (tertiary/aromatic N) is 1. The van der Waals surface area contributed by atoms with Gasteiger partial charge in [-0.15, -0.1) is 0 Å². The molecule has 1 aliphatic rings. The van der Waals surface area contributed by atoms with Gasteiger partial charge >= 0.3 is 12.3 Å². The summed E-state index contributed by atoms with van der Waals surface area (Å²) in [5, 5.41) is 0. The average molecular weight is 503 g/mol. The molecule has 11 heteroatoms. The third-order valence-corrected chi connectivity index (χ3v) is 6.68. The lowest BCUT2D eigenvalue weighted by Crippen LogP contribution is -2.49. The van der Waals surface area contributed by atoms with Crippen molar-refractivity contribution in [2.24, 2.45) is 0 Å². The minimum absolute atomic E-state index is 0.144. The number of hydrogen-bond donors (Lipinski definition) is 1. The first kappa shape index (κ1) is 26.0. The molecular weight excluding hydrogens is 476 g/mol. The predicted octanol–water partition coefficient (Wildman–Crippen LogP) is 4.97. The fourth-order valence-electron chi connectivity index (χ4n) is 4.06. The SMILES string of the molecule is C[C@@H](c1ccc(C(F)(F)F)cc1)N1CC[C@@](CCCNS(C)(=O)=O)(c2ccc(F)cc2)OC1=O. The van der Waals surface area contributed by atoms with Gasteiger partial charge in [0.05, 0.1) is 17.9 Å². The number of sulfonamides is 1. The molecule has 1 N–H and O–H groups in total. The van der Waals surface area contributed by atoms with Crippen LogP contribution in [0.3, 0.4) is 0 Å². The normalized spacial score (nSPS) is 20.2. The lowest BCUT2D eigenvalue weighted by molar-refractivity contribution is -0.137. The quantitative estimate of drug-likeness (QED) is 0.409. The van der Waals surface area contributed by atoms with Gasteiger partial charge in [0.25, 0.3) is 0 Å². The van der Waals surface area contributed by atoms with Crippen LogP contribution >= 0.6 is 0 Å². The highest BCUT2D eigenvalue weighted by Gasteiger charge is 2.43. The summed E-state index contributed by atoms with van der Waals surface area (Å²) in [6.07, 6.45) is -3.05. The number of cyclic esters (lactones) is 1. The second-order valence-electron chi connectivity index (χ2n) is 8.38. The molecule has 0 saturated carbocycles. The van der Waals surface area contributed by atoms with Gasteiger partial charge in [-0.25, -0.2) is 22.3 Å². The van der Waals surface area contributed by atoms with E-state index in [1.807, 2.05) is 0 Å². The van der Waals surface area contributed by atoms with Crippen molar-refractivity contribution in [3.63, 3.8) is 0 Å². The van der Waals surface area contributed by atoms with E-state index in [0.717, 1.165) is 18.4 Å². The van der Waals surface area contributed by atoms with Gasteiger partial charge in [-0.3, -0.25) is 0 Å². The molecule has 3 rings (SSSR count). The van der Waals surface area contributed by atoms with E-state index in [0.29, 0.717) is 30.4 Å². The Morgan fingerprint density at radius 1 is 1.12 bits per heavy atom. The lowest BCUT2D eigenvalue weighted by Gasteiger charge is -2.43. The zero-order valence-electron chi connectivity index (χ0n) is 18.7. The molecule has 0 radical (unpaired) electrons. The monoisotopic (exact) mass is 502 g/mol. The van der Waals surface area contributed by atoms with Gasteiger partial charge in [0, 0.05) is 19.5 Å². The maximum absolute atomic E-state index is 13.5. The van der Waals surface area contributed by atoms with E-state index in [1.54, 1.807) is 6.92 Å². The summed E-state index contributed by atoms with van der Waals surface area (Å²) in [7, 11) is -3.38. The molecule has 0 unspecified atom stereocenters. The van der Waals surface area contributed by atoms with Gasteiger partial charge in [-0.1, -0.05) is 24.3 Å². The summed E-state index contributed by atoms with van der Waals surface area (Å²) in [6.45, 7) is 2.09. The highest BCUT2D eigenvalue weighted by Crippen LogP contribution is 2.40. The van der Waals surface area contributed by atoms with Crippen molar-refractivity contribution in [1.29, 1.82) is 0 Å². The Balaban J connectivity index is 1.77. The first-order valence-electron chi connectivity index (χ1n) is 10.7. The van der Waals surface area contributed by atoms with Crippen LogP contribution in [0.15, 0.2) is 48.5 Å². The molecule has 2 aromatic carbocycles. The molecule has 2 aromatic rings. The molecule has 1 heterocycles. The number of carbonyl (C=O) groups excluding carboxylic acids is 1. The number of benzene rings is 2. The van der Waals surface area contributed by atoms with E-state index in [4.69, 9.17) is 4.74 Å². The van der Waals surface area contributed by atoms with Gasteiger partial charge < -0.3 is 9.64 Å². The van der Waals surface area contributed by atoms with Gasteiger partial charge in [0.1, 0.15) is 11.4 Å². The van der Waals surface area contributed by atoms with Crippen molar-refractivity contribution < 1.29 is 35.5 Å². The number of rotatable bonds is 8. The zero-order chi connectivity index (χ0) is 25.1. The van der Waals surface area contributed by atoms with Crippen LogP contribution in [0.2, 0.25) is 0 Å². The summed E-state index contributed by atoms with van der Waals surface area (Å²) in [5.74, 6) is -0.447. The van der Waals surface area contributed by atoms with Crippen molar-refractivity contribution in [3.8, 4) is 0 Å². The molecule has 0 spiro atoms. The van der Waals surface area contributed by atoms with Gasteiger partial charge in [0.15, 0.2) is 0 Å². The number of nitrogens with one attached hydrogen (secondary N) is 1. The number of ether oxygens (including phenoxy) is 1. The lowest BCUT2D eigenvalue weighted by atomic mass is 9.84. The number of hydrogen-bond acceptors (Lipinski definition) is 4. The van der Waals surface area contributed by atoms with Crippen LogP contribution in [0.5, 0.6) is 0 Å². The van der Waals surface area contributed by atoms with Crippen LogP contribution < -0.4 is 4.72 Å². The Kier molecular flexibility index (Phi) is 7.56. The Hall–Kier alpha value is -2.66. The second kappa shape index (κ2) is 9.91. The minimum atomic E-state index is -4.45. The smallest absolute Gasteiger partial charge is 0.416 e. The Bertz CT molecular complexity index is 1110. The number of alkyl halides is 3. The molecule has 0 bridgehead atoms. The van der Waals surface area contributed by atoms with Crippen LogP contribution in [0.1, 0.15) is 48.9 Å². The van der Waals surface area contributed by atoms with Crippen LogP contribution in [-0.4, -0.2) is 38.8 Å². The maximum Gasteiger partial charge on any atom is 0.416 e. The molecule has 1 amide bonds. The minimum Gasteiger partial charge on any atom is -0.438 e. The number of carbonyl (C=O) groups is 1. The van der Waals surface area contributed by atoms with Crippen molar-refractivity contribution in [1.82, 2.24) is 9.62 Å². The van der Waals surface area contributed by atoms with Gasteiger partial charge in [-0.05, 0) is 55.2 Å². The summed E-state index contributed by atoms with van der Waals surface area (Å²) < 4.78 is 83.0. The topological polar surface area (TPSA) is 75.7 Å². The predicted molar refractivity (Wildman–Crippen MR) is 118 cm³/mol. The Morgan fingerprint density at radius 3 is 2.26 bits per heavy atom. The van der Waals surface area contributed by atoms with Crippen molar-refractivity contribution in [2.45, 2.75) is 44.0 Å². The molecule has 1 aliphatic heterocycles. The van der Waals surface area contributed by atoms with Crippen LogP contribution in [0.25, 0.3) is 0 Å². The van der Waals surface area contributed by atoms with Crippen molar-refractivity contribution in [3.05, 3.63) is 71.0 Å². The van der Waals surface area contributed by atoms with Gasteiger partial charge in [0.2, 0.25) is 10.0 Å². The molecule has 1 fully saturated rings. The largest absolute Gasteiger partial charge is 0.438 e. The third kappa shape index (κ3) is 6.26. The van der Waals surface area contributed by atoms with E-state index in [1.165, 1.54) is 41.3 Å². The molecule has 34 heavy (non-hydrogen) atoms. The van der Waals surface area contributed by atoms with Crippen LogP contribution in [0, 0.1) is 5.82 Å². The molecule has 6 nitrogen and oxygen atoms in total. The Morgan fingerprint density at radius 2 is 1.74 bits per heavy atom. The standard InChI is InChI=1S/C23H26F4N2O4S/c1-16(17-4-6-19(7-5-17)23(25,26)27)29-15-13-22(33-21(29)30,12-3-14-28-34(2,31)32)18-8-10-20(24)11-9-18/h4-11,16,28H,3,12-15H2,1-2H3/t16-,22-/m0/s1. The highest BCUT2D eigenvalue weighted by atomic mass is 32.2. The van der Waals surface area contributed by atoms with E-state index in [9.17, 15) is 30.8 Å². The summed E-state index contributed by atoms with van der Waals surface area (Å²) in [4.78, 5) is 14.5. The first-order chi connectivity index (χ1) is 15.8. The molecule has 186 valence electrons. The van der Waals surface area contributed by atoms with E-state index in [2.05, 4.69) is 4.72 Å². The maximum atomic E-state index is 13.5. The van der Waals surface area contributed by atoms with Crippen molar-refractivity contribution in [2.75, 3.05) is 19.3 Å². The number of halogens is 4. The van der Waals surface area contributed by atoms with Crippen LogP contribution in [-0.2, 0) is 26.5 Å². The summed E-state index contributed by atoms with van der Waals surface area (Å²) in [5.41, 5.74) is -0.747. The summed E-state index contributed by atoms with van der Waals surface area (Å²) in [6, 6.07) is 9.65. The van der Waals surface area contributed by atoms with E-state index < -0.39 is 45.3 Å². The second-order valence-corrected chi connectivity index (χ2v) is 10.2. The molecule has 1 saturated heterocycles. The zero-order valence-corrected chi connectivity index (χ0v) is 19.5. The fraction of sp³-hybridized carbons (Fsp3) is 0.435. The number of amides is 1. The average Bonchev–Trinajstić information content (AvgIpc) is 2.76. The summed E-state index contributed by atoms with van der Waals surface area (Å²) >= 11 is 0. The van der Waals surface area contributed by atoms with Crippen molar-refractivity contribution >= 4 is 16.1 Å². The third-order valence-electron chi connectivity index (χ3n) is 5.95. The van der Waals surface area contributed by atoms with Gasteiger partial charge in [-0.2, -0.15) is 13.2 Å². The van der Waals surface area contributed by atoms with E-state index in [-0.39, 0.29) is 13.1 Å².